The quantitative estimate of drug-likeness (QED) is 0.869. The molecule has 0 aromatic heterocycles. The average molecular weight is 275 g/mol. The molecule has 20 heavy (non-hydrogen) atoms. The summed E-state index contributed by atoms with van der Waals surface area (Å²) in [6, 6.07) is 8.91. The van der Waals surface area contributed by atoms with E-state index in [9.17, 15) is 4.79 Å². The number of hydrogen-bond acceptors (Lipinski definition) is 3. The monoisotopic (exact) mass is 275 g/mol. The molecule has 1 saturated heterocycles. The summed E-state index contributed by atoms with van der Waals surface area (Å²) in [5.74, 6) is 0.525. The Morgan fingerprint density at radius 3 is 2.95 bits per heavy atom. The molecule has 2 unspecified atom stereocenters. The van der Waals surface area contributed by atoms with Crippen molar-refractivity contribution in [3.8, 4) is 0 Å². The Balaban J connectivity index is 1.95. The Kier molecular flexibility index (Phi) is 5.15. The van der Waals surface area contributed by atoms with E-state index in [4.69, 9.17) is 5.73 Å². The maximum atomic E-state index is 10.9. The molecule has 0 radical (unpaired) electrons. The van der Waals surface area contributed by atoms with E-state index in [-0.39, 0.29) is 11.9 Å². The molecule has 1 fully saturated rings. The molecule has 2 atom stereocenters. The number of aryl methyl sites for hydroxylation is 1. The summed E-state index contributed by atoms with van der Waals surface area (Å²) in [7, 11) is 0. The molecular formula is C16H25N3O. The topological polar surface area (TPSA) is 58.4 Å². The molecule has 0 bridgehead atoms. The summed E-state index contributed by atoms with van der Waals surface area (Å²) < 4.78 is 0. The number of nitrogens with zero attached hydrogens (tertiary/aromatic N) is 1. The number of piperidine rings is 1. The average Bonchev–Trinajstić information content (AvgIpc) is 2.37. The largest absolute Gasteiger partial charge is 0.355 e. The molecule has 1 amide bonds. The predicted octanol–water partition coefficient (Wildman–Crippen LogP) is 1.25. The van der Waals surface area contributed by atoms with Crippen LogP contribution in [0, 0.1) is 6.92 Å². The summed E-state index contributed by atoms with van der Waals surface area (Å²) in [6.45, 7) is 7.19. The predicted molar refractivity (Wildman–Crippen MR) is 81.6 cm³/mol. The van der Waals surface area contributed by atoms with Gasteiger partial charge < -0.3 is 11.1 Å². The molecule has 3 N–H and O–H groups in total. The van der Waals surface area contributed by atoms with Crippen molar-refractivity contribution >= 4 is 5.91 Å². The Hall–Kier alpha value is -1.39. The fourth-order valence-electron chi connectivity index (χ4n) is 2.97. The molecule has 2 rings (SSSR count). The van der Waals surface area contributed by atoms with E-state index < -0.39 is 0 Å². The highest BCUT2D eigenvalue weighted by Crippen LogP contribution is 2.26. The second-order valence-electron chi connectivity index (χ2n) is 5.85. The van der Waals surface area contributed by atoms with Gasteiger partial charge in [-0.15, -0.1) is 0 Å². The maximum Gasteiger partial charge on any atom is 0.216 e. The molecule has 1 aliphatic heterocycles. The second kappa shape index (κ2) is 6.86. The molecule has 1 aromatic carbocycles. The number of likely N-dealkylation sites (tertiary alicyclic amines) is 1. The standard InChI is InChI=1S/C16H25N3O/c1-12-4-3-5-14(8-12)15-9-16(17)11-19(10-15)7-6-18-13(2)20/h3-5,8,15-16H,6-7,9-11,17H2,1-2H3,(H,18,20). The molecule has 110 valence electrons. The van der Waals surface area contributed by atoms with Gasteiger partial charge in [0.2, 0.25) is 5.91 Å². The van der Waals surface area contributed by atoms with Crippen molar-refractivity contribution in [1.82, 2.24) is 10.2 Å². The van der Waals surface area contributed by atoms with E-state index in [1.54, 1.807) is 6.92 Å². The third-order valence-corrected chi connectivity index (χ3v) is 3.87. The lowest BCUT2D eigenvalue weighted by molar-refractivity contribution is -0.119. The van der Waals surface area contributed by atoms with Gasteiger partial charge in [0.15, 0.2) is 0 Å². The maximum absolute atomic E-state index is 10.9. The number of amides is 1. The number of hydrogen-bond donors (Lipinski definition) is 2. The van der Waals surface area contributed by atoms with E-state index in [0.717, 1.165) is 26.1 Å². The van der Waals surface area contributed by atoms with Crippen molar-refractivity contribution in [3.63, 3.8) is 0 Å². The minimum absolute atomic E-state index is 0.0292. The summed E-state index contributed by atoms with van der Waals surface area (Å²) in [5, 5.41) is 2.85. The van der Waals surface area contributed by atoms with Crippen LogP contribution in [0.15, 0.2) is 24.3 Å². The highest BCUT2D eigenvalue weighted by molar-refractivity contribution is 5.72. The summed E-state index contributed by atoms with van der Waals surface area (Å²) >= 11 is 0. The molecule has 0 spiro atoms. The first-order valence-electron chi connectivity index (χ1n) is 7.33. The summed E-state index contributed by atoms with van der Waals surface area (Å²) in [4.78, 5) is 13.3. The Morgan fingerprint density at radius 1 is 1.45 bits per heavy atom. The SMILES string of the molecule is CC(=O)NCCN1CC(N)CC(c2cccc(C)c2)C1. The number of carbonyl (C=O) groups is 1. The van der Waals surface area contributed by atoms with Crippen LogP contribution in [0.3, 0.4) is 0 Å². The highest BCUT2D eigenvalue weighted by atomic mass is 16.1. The van der Waals surface area contributed by atoms with E-state index in [0.29, 0.717) is 12.5 Å². The minimum atomic E-state index is 0.0292. The van der Waals surface area contributed by atoms with Crippen LogP contribution in [0.4, 0.5) is 0 Å². The van der Waals surface area contributed by atoms with Crippen molar-refractivity contribution in [2.24, 2.45) is 5.73 Å². The van der Waals surface area contributed by atoms with Gasteiger partial charge >= 0.3 is 0 Å². The first kappa shape index (κ1) is 15.0. The summed E-state index contributed by atoms with van der Waals surface area (Å²) in [5.41, 5.74) is 8.87. The molecule has 0 saturated carbocycles. The van der Waals surface area contributed by atoms with Gasteiger partial charge in [0.05, 0.1) is 0 Å². The molecule has 1 aliphatic rings. The zero-order valence-corrected chi connectivity index (χ0v) is 12.4. The van der Waals surface area contributed by atoms with Crippen LogP contribution in [0.1, 0.15) is 30.4 Å². The Bertz CT molecular complexity index is 461. The van der Waals surface area contributed by atoms with Gasteiger partial charge in [0, 0.05) is 39.1 Å². The number of carbonyl (C=O) groups excluding carboxylic acids is 1. The smallest absolute Gasteiger partial charge is 0.216 e. The van der Waals surface area contributed by atoms with Crippen LogP contribution in [0.2, 0.25) is 0 Å². The normalized spacial score (nSPS) is 23.6. The zero-order chi connectivity index (χ0) is 14.5. The van der Waals surface area contributed by atoms with Gasteiger partial charge in [0.25, 0.3) is 0 Å². The number of nitrogens with one attached hydrogen (secondary N) is 1. The van der Waals surface area contributed by atoms with Gasteiger partial charge in [-0.05, 0) is 24.8 Å². The second-order valence-corrected chi connectivity index (χ2v) is 5.85. The van der Waals surface area contributed by atoms with Crippen LogP contribution < -0.4 is 11.1 Å². The van der Waals surface area contributed by atoms with Gasteiger partial charge in [-0.25, -0.2) is 0 Å². The lowest BCUT2D eigenvalue weighted by Crippen LogP contribution is -2.48. The van der Waals surface area contributed by atoms with Crippen LogP contribution >= 0.6 is 0 Å². The zero-order valence-electron chi connectivity index (χ0n) is 12.4. The van der Waals surface area contributed by atoms with Crippen molar-refractivity contribution in [2.45, 2.75) is 32.2 Å². The number of rotatable bonds is 4. The third-order valence-electron chi connectivity index (χ3n) is 3.87. The van der Waals surface area contributed by atoms with Crippen LogP contribution in [0.25, 0.3) is 0 Å². The van der Waals surface area contributed by atoms with E-state index in [1.165, 1.54) is 11.1 Å². The van der Waals surface area contributed by atoms with E-state index in [2.05, 4.69) is 41.4 Å². The van der Waals surface area contributed by atoms with Crippen LogP contribution in [0.5, 0.6) is 0 Å². The van der Waals surface area contributed by atoms with Gasteiger partial charge in [0.1, 0.15) is 0 Å². The number of nitrogens with two attached hydrogens (primary N) is 1. The van der Waals surface area contributed by atoms with Crippen LogP contribution in [-0.2, 0) is 4.79 Å². The molecule has 1 aromatic rings. The van der Waals surface area contributed by atoms with Crippen LogP contribution in [-0.4, -0.2) is 43.0 Å². The van der Waals surface area contributed by atoms with Crippen molar-refractivity contribution in [3.05, 3.63) is 35.4 Å². The van der Waals surface area contributed by atoms with Crippen molar-refractivity contribution in [1.29, 1.82) is 0 Å². The van der Waals surface area contributed by atoms with Gasteiger partial charge in [-0.1, -0.05) is 29.8 Å². The lowest BCUT2D eigenvalue weighted by Gasteiger charge is -2.36. The first-order valence-corrected chi connectivity index (χ1v) is 7.33. The molecule has 4 heteroatoms. The third kappa shape index (κ3) is 4.32. The molecular weight excluding hydrogens is 250 g/mol. The van der Waals surface area contributed by atoms with Gasteiger partial charge in [-0.3, -0.25) is 9.69 Å². The van der Waals surface area contributed by atoms with Gasteiger partial charge in [-0.2, -0.15) is 0 Å². The fraction of sp³-hybridized carbons (Fsp3) is 0.562. The Labute approximate surface area is 121 Å². The number of benzene rings is 1. The van der Waals surface area contributed by atoms with Crippen molar-refractivity contribution in [2.75, 3.05) is 26.2 Å². The summed E-state index contributed by atoms with van der Waals surface area (Å²) in [6.07, 6.45) is 1.04. The van der Waals surface area contributed by atoms with Crippen molar-refractivity contribution < 1.29 is 4.79 Å². The lowest BCUT2D eigenvalue weighted by atomic mass is 9.88. The minimum Gasteiger partial charge on any atom is -0.355 e. The fourth-order valence-corrected chi connectivity index (χ4v) is 2.97. The Morgan fingerprint density at radius 2 is 2.25 bits per heavy atom. The first-order chi connectivity index (χ1) is 9.54. The van der Waals surface area contributed by atoms with E-state index >= 15 is 0 Å². The highest BCUT2D eigenvalue weighted by Gasteiger charge is 2.25. The molecule has 0 aliphatic carbocycles. The van der Waals surface area contributed by atoms with E-state index in [1.807, 2.05) is 0 Å². The molecule has 4 nitrogen and oxygen atoms in total. The molecule has 1 heterocycles.